The van der Waals surface area contributed by atoms with Gasteiger partial charge in [-0.15, -0.1) is 11.8 Å². The molecule has 7 atom stereocenters. The summed E-state index contributed by atoms with van der Waals surface area (Å²) in [5, 5.41) is 4.33. The van der Waals surface area contributed by atoms with Gasteiger partial charge in [0.05, 0.1) is 39.7 Å². The van der Waals surface area contributed by atoms with E-state index in [4.69, 9.17) is 32.7 Å². The third-order valence-electron chi connectivity index (χ3n) is 10.1. The first-order chi connectivity index (χ1) is 23.1. The molecule has 3 heterocycles. The Balaban J connectivity index is 1.08. The second kappa shape index (κ2) is 12.0. The number of carbonyl (C=O) groups is 3. The zero-order chi connectivity index (χ0) is 33.4. The first-order valence-corrected chi connectivity index (χ1v) is 18.0. The monoisotopic (exact) mass is 721 g/mol. The minimum atomic E-state index is -0.399. The normalized spacial score (nSPS) is 26.7. The number of thioether (sulfide) groups is 1. The quantitative estimate of drug-likeness (QED) is 0.203. The Morgan fingerprint density at radius 3 is 2.44 bits per heavy atom. The Morgan fingerprint density at radius 2 is 1.71 bits per heavy atom. The Morgan fingerprint density at radius 1 is 0.958 bits per heavy atom. The number of fused-ring (bicyclic) bond motifs is 9. The number of methoxy groups -OCH3 is 1. The lowest BCUT2D eigenvalue weighted by Crippen LogP contribution is -2.42. The van der Waals surface area contributed by atoms with Crippen molar-refractivity contribution in [1.82, 2.24) is 4.98 Å². The summed E-state index contributed by atoms with van der Waals surface area (Å²) in [6, 6.07) is 17.9. The van der Waals surface area contributed by atoms with Gasteiger partial charge in [-0.25, -0.2) is 0 Å². The van der Waals surface area contributed by atoms with Crippen molar-refractivity contribution in [2.45, 2.75) is 29.5 Å². The van der Waals surface area contributed by atoms with Crippen molar-refractivity contribution in [2.24, 2.45) is 29.6 Å². The zero-order valence-corrected chi connectivity index (χ0v) is 28.8. The molecule has 2 saturated carbocycles. The largest absolute Gasteiger partial charge is 0.493 e. The number of H-pyrrole nitrogens is 1. The van der Waals surface area contributed by atoms with Crippen LogP contribution < -0.4 is 24.6 Å². The van der Waals surface area contributed by atoms with E-state index < -0.39 is 5.92 Å². The summed E-state index contributed by atoms with van der Waals surface area (Å²) in [6.45, 7) is 1.70. The molecule has 2 N–H and O–H groups in total. The fourth-order valence-corrected chi connectivity index (χ4v) is 11.4. The van der Waals surface area contributed by atoms with E-state index in [2.05, 4.69) is 10.3 Å². The maximum atomic E-state index is 14.0. The van der Waals surface area contributed by atoms with E-state index in [-0.39, 0.29) is 64.0 Å². The van der Waals surface area contributed by atoms with Gasteiger partial charge in [-0.3, -0.25) is 24.1 Å². The average molecular weight is 723 g/mol. The number of hydrogen-bond acceptors (Lipinski definition) is 8. The third kappa shape index (κ3) is 5.05. The lowest BCUT2D eigenvalue weighted by atomic mass is 9.68. The second-order valence-electron chi connectivity index (χ2n) is 12.7. The van der Waals surface area contributed by atoms with Crippen LogP contribution in [0.15, 0.2) is 70.5 Å². The molecule has 4 aliphatic rings. The highest BCUT2D eigenvalue weighted by atomic mass is 35.5. The number of aromatic amines is 1. The van der Waals surface area contributed by atoms with Crippen molar-refractivity contribution in [3.63, 3.8) is 0 Å². The lowest BCUT2D eigenvalue weighted by molar-refractivity contribution is -0.123. The number of carbonyl (C=O) groups excluding carboxylic acids is 3. The van der Waals surface area contributed by atoms with Crippen molar-refractivity contribution < 1.29 is 23.9 Å². The van der Waals surface area contributed by atoms with E-state index in [1.54, 1.807) is 36.0 Å². The molecule has 13 heteroatoms. The number of thiazole rings is 1. The smallest absolute Gasteiger partial charge is 0.305 e. The minimum absolute atomic E-state index is 0.0134. The molecule has 2 aliphatic carbocycles. The van der Waals surface area contributed by atoms with Gasteiger partial charge in [0.1, 0.15) is 0 Å². The number of halogens is 2. The Labute approximate surface area is 293 Å². The molecular formula is C35H29Cl2N3O6S2. The lowest BCUT2D eigenvalue weighted by Gasteiger charge is -2.43. The third-order valence-corrected chi connectivity index (χ3v) is 13.5. The van der Waals surface area contributed by atoms with Crippen molar-refractivity contribution in [3.8, 4) is 11.5 Å². The highest BCUT2D eigenvalue weighted by molar-refractivity contribution is 8.00. The Kier molecular flexibility index (Phi) is 7.86. The fraction of sp³-hybridized carbons (Fsp3) is 0.314. The number of aromatic nitrogens is 1. The molecule has 246 valence electrons. The number of aryl methyl sites for hydroxylation is 1. The minimum Gasteiger partial charge on any atom is -0.493 e. The number of nitrogens with one attached hydrogen (secondary N) is 2. The van der Waals surface area contributed by atoms with Gasteiger partial charge in [-0.1, -0.05) is 58.3 Å². The van der Waals surface area contributed by atoms with Crippen molar-refractivity contribution in [3.05, 3.63) is 96.4 Å². The highest BCUT2D eigenvalue weighted by Crippen LogP contribution is 2.68. The van der Waals surface area contributed by atoms with Crippen LogP contribution in [0.25, 0.3) is 0 Å². The molecule has 0 radical (unpaired) electrons. The maximum absolute atomic E-state index is 14.0. The summed E-state index contributed by atoms with van der Waals surface area (Å²) in [7, 11) is 1.53. The van der Waals surface area contributed by atoms with Gasteiger partial charge in [0.2, 0.25) is 11.8 Å². The molecule has 1 saturated heterocycles. The van der Waals surface area contributed by atoms with E-state index >= 15 is 0 Å². The molecule has 8 rings (SSSR count). The summed E-state index contributed by atoms with van der Waals surface area (Å²) >= 11 is 14.9. The standard InChI is InChI=1S/C35H29Cl2N3O6S2/c1-15-3-7-18(8-4-15)40-33(42)28-19-13-20(29(28)34(40)43)30-27(19)26(31-32(47-30)39-35(44)48-31)16-5-10-23(24(11-16)45-2)46-14-25(41)38-17-6-9-21(36)22(37)12-17/h3-12,19-20,26-30H,13-14H2,1-2H3,(H,38,41)(H,39,44)/t19-,20-,26+,27-,28+,29+,30-/m1/s1. The van der Waals surface area contributed by atoms with Crippen LogP contribution in [0.2, 0.25) is 10.0 Å². The molecule has 0 unspecified atom stereocenters. The van der Waals surface area contributed by atoms with Crippen LogP contribution in [0.5, 0.6) is 11.5 Å². The van der Waals surface area contributed by atoms with Gasteiger partial charge in [0.25, 0.3) is 5.91 Å². The summed E-state index contributed by atoms with van der Waals surface area (Å²) in [5.74, 6) is -0.751. The van der Waals surface area contributed by atoms with Crippen LogP contribution in [0, 0.1) is 36.5 Å². The van der Waals surface area contributed by atoms with Gasteiger partial charge >= 0.3 is 4.87 Å². The number of ether oxygens (including phenoxy) is 2. The van der Waals surface area contributed by atoms with Crippen LogP contribution in [0.3, 0.4) is 0 Å². The van der Waals surface area contributed by atoms with E-state index in [1.165, 1.54) is 23.3 Å². The molecular weight excluding hydrogens is 693 g/mol. The summed E-state index contributed by atoms with van der Waals surface area (Å²) in [6.07, 6.45) is 0.791. The van der Waals surface area contributed by atoms with Gasteiger partial charge in [-0.2, -0.15) is 0 Å². The zero-order valence-electron chi connectivity index (χ0n) is 25.7. The number of hydrogen-bond donors (Lipinski definition) is 2. The fourth-order valence-electron chi connectivity index (χ4n) is 8.25. The number of benzene rings is 3. The molecule has 9 nitrogen and oxygen atoms in total. The van der Waals surface area contributed by atoms with Crippen molar-refractivity contribution in [1.29, 1.82) is 0 Å². The average Bonchev–Trinajstić information content (AvgIpc) is 3.81. The van der Waals surface area contributed by atoms with Gasteiger partial charge in [-0.05, 0) is 79.1 Å². The van der Waals surface area contributed by atoms with Crippen molar-refractivity contribution in [2.75, 3.05) is 23.9 Å². The van der Waals surface area contributed by atoms with E-state index in [1.807, 2.05) is 43.3 Å². The van der Waals surface area contributed by atoms with Crippen LogP contribution >= 0.6 is 46.3 Å². The first-order valence-electron chi connectivity index (χ1n) is 15.5. The number of anilines is 2. The molecule has 48 heavy (non-hydrogen) atoms. The topological polar surface area (TPSA) is 118 Å². The molecule has 3 fully saturated rings. The second-order valence-corrected chi connectivity index (χ2v) is 15.7. The van der Waals surface area contributed by atoms with Gasteiger partial charge < -0.3 is 19.8 Å². The first kappa shape index (κ1) is 31.5. The van der Waals surface area contributed by atoms with E-state index in [9.17, 15) is 19.2 Å². The van der Waals surface area contributed by atoms with Crippen molar-refractivity contribution >= 4 is 75.4 Å². The van der Waals surface area contributed by atoms with Gasteiger partial charge in [0, 0.05) is 21.7 Å². The van der Waals surface area contributed by atoms with Crippen LogP contribution in [-0.4, -0.2) is 41.7 Å². The van der Waals surface area contributed by atoms with Crippen LogP contribution in [0.1, 0.15) is 28.3 Å². The molecule has 4 aromatic rings. The highest BCUT2D eigenvalue weighted by Gasteiger charge is 2.69. The number of nitrogens with zero attached hydrogens (tertiary/aromatic N) is 1. The Hall–Kier alpha value is -3.77. The number of rotatable bonds is 7. The van der Waals surface area contributed by atoms with Crippen LogP contribution in [-0.2, 0) is 14.4 Å². The predicted molar refractivity (Wildman–Crippen MR) is 186 cm³/mol. The number of amides is 3. The summed E-state index contributed by atoms with van der Waals surface area (Å²) in [5.41, 5.74) is 3.08. The van der Waals surface area contributed by atoms with Crippen LogP contribution in [0.4, 0.5) is 11.4 Å². The molecule has 3 aromatic carbocycles. The van der Waals surface area contributed by atoms with E-state index in [0.717, 1.165) is 27.5 Å². The predicted octanol–water partition coefficient (Wildman–Crippen LogP) is 6.76. The SMILES string of the molecule is COc1cc([C@@H]2c3sc(=O)[nH]c3S[C@@H]3[C@@H]4C[C@@H]([C@@H]5C(=O)N(c6ccc(C)cc6)C(=O)[C@@H]45)[C@H]23)ccc1OCC(=O)Nc1ccc(Cl)c(Cl)c1. The van der Waals surface area contributed by atoms with Gasteiger partial charge in [0.15, 0.2) is 18.1 Å². The Bertz CT molecular complexity index is 2050. The molecule has 0 spiro atoms. The molecule has 3 amide bonds. The number of imide groups is 1. The molecule has 2 bridgehead atoms. The summed E-state index contributed by atoms with van der Waals surface area (Å²) in [4.78, 5) is 58.5. The summed E-state index contributed by atoms with van der Waals surface area (Å²) < 4.78 is 11.6. The maximum Gasteiger partial charge on any atom is 0.305 e. The molecule has 2 aliphatic heterocycles. The molecule has 1 aromatic heterocycles. The van der Waals surface area contributed by atoms with E-state index in [0.29, 0.717) is 32.9 Å².